The predicted octanol–water partition coefficient (Wildman–Crippen LogP) is 3.69. The molecule has 98 valence electrons. The molecule has 0 heterocycles. The maximum absolute atomic E-state index is 13.5. The molecule has 0 unspecified atom stereocenters. The van der Waals surface area contributed by atoms with Gasteiger partial charge in [-0.25, -0.2) is 4.39 Å². The van der Waals surface area contributed by atoms with Crippen LogP contribution in [0.25, 0.3) is 0 Å². The van der Waals surface area contributed by atoms with E-state index in [1.54, 1.807) is 24.3 Å². The zero-order chi connectivity index (χ0) is 13.8. The molecule has 0 aliphatic heterocycles. The predicted molar refractivity (Wildman–Crippen MR) is 80.1 cm³/mol. The molecule has 0 saturated carbocycles. The van der Waals surface area contributed by atoms with Crippen molar-refractivity contribution in [2.75, 3.05) is 12.4 Å². The number of hydrogen-bond donors (Lipinski definition) is 1. The van der Waals surface area contributed by atoms with Gasteiger partial charge in [0.25, 0.3) is 5.91 Å². The lowest BCUT2D eigenvalue weighted by atomic mass is 10.2. The van der Waals surface area contributed by atoms with Crippen molar-refractivity contribution in [1.82, 2.24) is 0 Å². The largest absolute Gasteiger partial charge is 0.494 e. The fourth-order valence-electron chi connectivity index (χ4n) is 1.58. The first-order valence-corrected chi connectivity index (χ1v) is 6.58. The van der Waals surface area contributed by atoms with E-state index in [0.29, 0.717) is 11.3 Å². The van der Waals surface area contributed by atoms with Gasteiger partial charge in [0.1, 0.15) is 0 Å². The zero-order valence-electron chi connectivity index (χ0n) is 10.1. The summed E-state index contributed by atoms with van der Waals surface area (Å²) in [6.07, 6.45) is 0. The number of halogens is 2. The van der Waals surface area contributed by atoms with Crippen LogP contribution in [-0.2, 0) is 0 Å². The van der Waals surface area contributed by atoms with Gasteiger partial charge in [-0.05, 0) is 52.9 Å². The summed E-state index contributed by atoms with van der Waals surface area (Å²) in [6.45, 7) is 0. The van der Waals surface area contributed by atoms with Crippen molar-refractivity contribution in [3.8, 4) is 5.75 Å². The van der Waals surface area contributed by atoms with Crippen molar-refractivity contribution in [1.29, 1.82) is 0 Å². The summed E-state index contributed by atoms with van der Waals surface area (Å²) in [4.78, 5) is 12.0. The maximum atomic E-state index is 13.5. The Labute approximate surface area is 123 Å². The van der Waals surface area contributed by atoms with E-state index in [1.807, 2.05) is 6.07 Å². The normalized spacial score (nSPS) is 10.1. The van der Waals surface area contributed by atoms with Crippen molar-refractivity contribution in [3.63, 3.8) is 0 Å². The summed E-state index contributed by atoms with van der Waals surface area (Å²) in [5.74, 6) is -0.640. The second-order valence-corrected chi connectivity index (χ2v) is 5.06. The number of carbonyl (C=O) groups is 1. The highest BCUT2D eigenvalue weighted by Gasteiger charge is 2.08. The van der Waals surface area contributed by atoms with E-state index in [1.165, 1.54) is 19.2 Å². The molecule has 0 spiro atoms. The number of hydrogen-bond acceptors (Lipinski definition) is 2. The third-order valence-corrected chi connectivity index (χ3v) is 3.17. The lowest BCUT2D eigenvalue weighted by Gasteiger charge is -2.07. The van der Waals surface area contributed by atoms with Crippen LogP contribution in [-0.4, -0.2) is 13.0 Å². The number of benzene rings is 2. The highest BCUT2D eigenvalue weighted by molar-refractivity contribution is 14.1. The molecular formula is C14H11FINO2. The van der Waals surface area contributed by atoms with Crippen molar-refractivity contribution in [2.45, 2.75) is 0 Å². The third-order valence-electron chi connectivity index (χ3n) is 2.50. The Morgan fingerprint density at radius 1 is 1.26 bits per heavy atom. The molecule has 0 aromatic heterocycles. The lowest BCUT2D eigenvalue weighted by Crippen LogP contribution is -2.12. The first-order chi connectivity index (χ1) is 9.10. The van der Waals surface area contributed by atoms with Crippen molar-refractivity contribution in [3.05, 3.63) is 57.4 Å². The molecule has 0 atom stereocenters. The molecule has 2 aromatic carbocycles. The van der Waals surface area contributed by atoms with E-state index in [9.17, 15) is 9.18 Å². The molecule has 0 aliphatic rings. The summed E-state index contributed by atoms with van der Waals surface area (Å²) in [5.41, 5.74) is 0.922. The minimum absolute atomic E-state index is 0.146. The Bertz CT molecular complexity index is 616. The number of anilines is 1. The van der Waals surface area contributed by atoms with Gasteiger partial charge in [0.05, 0.1) is 7.11 Å². The molecule has 19 heavy (non-hydrogen) atoms. The molecule has 0 aliphatic carbocycles. The van der Waals surface area contributed by atoms with Crippen molar-refractivity contribution >= 4 is 34.2 Å². The molecule has 3 nitrogen and oxygen atoms in total. The summed E-state index contributed by atoms with van der Waals surface area (Å²) < 4.78 is 19.3. The number of carbonyl (C=O) groups excluding carboxylic acids is 1. The Morgan fingerprint density at radius 2 is 2.05 bits per heavy atom. The van der Waals surface area contributed by atoms with E-state index in [2.05, 4.69) is 27.9 Å². The Kier molecular flexibility index (Phi) is 4.36. The van der Waals surface area contributed by atoms with Gasteiger partial charge in [-0.3, -0.25) is 4.79 Å². The number of amides is 1. The average molecular weight is 371 g/mol. The summed E-state index contributed by atoms with van der Waals surface area (Å²) in [6, 6.07) is 11.4. The zero-order valence-corrected chi connectivity index (χ0v) is 12.3. The van der Waals surface area contributed by atoms with Crippen molar-refractivity contribution < 1.29 is 13.9 Å². The van der Waals surface area contributed by atoms with E-state index in [-0.39, 0.29) is 11.7 Å². The molecule has 1 amide bonds. The molecule has 0 fully saturated rings. The monoisotopic (exact) mass is 371 g/mol. The second kappa shape index (κ2) is 6.01. The highest BCUT2D eigenvalue weighted by atomic mass is 127. The first kappa shape index (κ1) is 13.8. The second-order valence-electron chi connectivity index (χ2n) is 3.81. The molecule has 2 rings (SSSR count). The van der Waals surface area contributed by atoms with E-state index < -0.39 is 5.82 Å². The van der Waals surface area contributed by atoms with E-state index >= 15 is 0 Å². The van der Waals surface area contributed by atoms with Crippen LogP contribution in [0.15, 0.2) is 42.5 Å². The number of rotatable bonds is 3. The topological polar surface area (TPSA) is 38.3 Å². The minimum Gasteiger partial charge on any atom is -0.494 e. The van der Waals surface area contributed by atoms with Crippen molar-refractivity contribution in [2.24, 2.45) is 0 Å². The van der Waals surface area contributed by atoms with Crippen LogP contribution in [0.1, 0.15) is 10.4 Å². The summed E-state index contributed by atoms with van der Waals surface area (Å²) >= 11 is 2.13. The molecule has 0 radical (unpaired) electrons. The van der Waals surface area contributed by atoms with Crippen LogP contribution in [0, 0.1) is 9.39 Å². The SMILES string of the molecule is COc1ccc(NC(=O)c2cccc(I)c2)cc1F. The van der Waals surface area contributed by atoms with Crippen LogP contribution < -0.4 is 10.1 Å². The number of ether oxygens (including phenoxy) is 1. The number of methoxy groups -OCH3 is 1. The van der Waals surface area contributed by atoms with Crippen LogP contribution in [0.5, 0.6) is 5.75 Å². The van der Waals surface area contributed by atoms with E-state index in [0.717, 1.165) is 3.57 Å². The fraction of sp³-hybridized carbons (Fsp3) is 0.0714. The Hall–Kier alpha value is -1.63. The molecule has 1 N–H and O–H groups in total. The molecule has 0 saturated heterocycles. The van der Waals surface area contributed by atoms with E-state index in [4.69, 9.17) is 4.74 Å². The van der Waals surface area contributed by atoms with Gasteiger partial charge in [0.15, 0.2) is 11.6 Å². The number of nitrogens with one attached hydrogen (secondary N) is 1. The standard InChI is InChI=1S/C14H11FINO2/c1-19-13-6-5-11(8-12(13)15)17-14(18)9-3-2-4-10(16)7-9/h2-8H,1H3,(H,17,18). The molecular weight excluding hydrogens is 360 g/mol. The average Bonchev–Trinajstić information content (AvgIpc) is 2.39. The summed E-state index contributed by atoms with van der Waals surface area (Å²) in [7, 11) is 1.39. The minimum atomic E-state index is -0.511. The van der Waals surface area contributed by atoms with Crippen LogP contribution >= 0.6 is 22.6 Å². The van der Waals surface area contributed by atoms with Gasteiger partial charge in [0, 0.05) is 20.9 Å². The lowest BCUT2D eigenvalue weighted by molar-refractivity contribution is 0.102. The first-order valence-electron chi connectivity index (χ1n) is 5.50. The Morgan fingerprint density at radius 3 is 2.68 bits per heavy atom. The molecule has 5 heteroatoms. The van der Waals surface area contributed by atoms with Gasteiger partial charge in [-0.2, -0.15) is 0 Å². The highest BCUT2D eigenvalue weighted by Crippen LogP contribution is 2.21. The maximum Gasteiger partial charge on any atom is 0.255 e. The van der Waals surface area contributed by atoms with Gasteiger partial charge in [-0.15, -0.1) is 0 Å². The molecule has 0 bridgehead atoms. The summed E-state index contributed by atoms with van der Waals surface area (Å²) in [5, 5.41) is 2.64. The van der Waals surface area contributed by atoms with Gasteiger partial charge < -0.3 is 10.1 Å². The third kappa shape index (κ3) is 3.44. The van der Waals surface area contributed by atoms with Crippen LogP contribution in [0.4, 0.5) is 10.1 Å². The molecule has 2 aromatic rings. The fourth-order valence-corrected chi connectivity index (χ4v) is 2.12. The van der Waals surface area contributed by atoms with Gasteiger partial charge >= 0.3 is 0 Å². The quantitative estimate of drug-likeness (QED) is 0.836. The smallest absolute Gasteiger partial charge is 0.255 e. The Balaban J connectivity index is 2.17. The van der Waals surface area contributed by atoms with Crippen LogP contribution in [0.2, 0.25) is 0 Å². The van der Waals surface area contributed by atoms with Gasteiger partial charge in [-0.1, -0.05) is 6.07 Å². The van der Waals surface area contributed by atoms with Crippen LogP contribution in [0.3, 0.4) is 0 Å². The van der Waals surface area contributed by atoms with Gasteiger partial charge in [0.2, 0.25) is 0 Å².